The number of amides is 2. The van der Waals surface area contributed by atoms with Gasteiger partial charge in [0.25, 0.3) is 0 Å². The van der Waals surface area contributed by atoms with Gasteiger partial charge in [0.1, 0.15) is 5.75 Å². The van der Waals surface area contributed by atoms with E-state index in [9.17, 15) is 23.1 Å². The summed E-state index contributed by atoms with van der Waals surface area (Å²) in [6.45, 7) is 3.82. The molecule has 0 aliphatic rings. The normalized spacial score (nSPS) is 13.9. The molecule has 0 saturated carbocycles. The van der Waals surface area contributed by atoms with Gasteiger partial charge < -0.3 is 25.8 Å². The van der Waals surface area contributed by atoms with E-state index < -0.39 is 45.5 Å². The molecule has 2 rings (SSSR count). The lowest BCUT2D eigenvalue weighted by Gasteiger charge is -2.31. The number of carbonyl (C=O) groups excluding carboxylic acids is 2. The van der Waals surface area contributed by atoms with Gasteiger partial charge >= 0.3 is 0 Å². The summed E-state index contributed by atoms with van der Waals surface area (Å²) in [6.07, 6.45) is -0.507. The SMILES string of the molecule is CNC(=O)CC(CS(=O)(=O)CCC(C)C)C(=O)N(Cc1cccc(OC)c1)C[C@@H](O)[C@@H](N)Cc1ccccc1. The largest absolute Gasteiger partial charge is 0.497 e. The van der Waals surface area contributed by atoms with Crippen molar-refractivity contribution < 1.29 is 27.9 Å². The zero-order chi connectivity index (χ0) is 29.0. The monoisotopic (exact) mass is 561 g/mol. The summed E-state index contributed by atoms with van der Waals surface area (Å²) < 4.78 is 31.2. The summed E-state index contributed by atoms with van der Waals surface area (Å²) >= 11 is 0. The van der Waals surface area contributed by atoms with E-state index in [0.29, 0.717) is 18.6 Å². The van der Waals surface area contributed by atoms with E-state index in [4.69, 9.17) is 10.5 Å². The van der Waals surface area contributed by atoms with E-state index in [2.05, 4.69) is 5.32 Å². The molecule has 0 heterocycles. The van der Waals surface area contributed by atoms with Crippen LogP contribution in [0.15, 0.2) is 54.6 Å². The van der Waals surface area contributed by atoms with E-state index in [-0.39, 0.29) is 31.2 Å². The van der Waals surface area contributed by atoms with Crippen LogP contribution in [0.5, 0.6) is 5.75 Å². The maximum atomic E-state index is 13.9. The molecule has 2 aromatic rings. The zero-order valence-electron chi connectivity index (χ0n) is 23.4. The molecule has 10 heteroatoms. The van der Waals surface area contributed by atoms with Gasteiger partial charge in [-0.15, -0.1) is 0 Å². The van der Waals surface area contributed by atoms with Crippen LogP contribution >= 0.6 is 0 Å². The van der Waals surface area contributed by atoms with Crippen LogP contribution in [0.3, 0.4) is 0 Å². The third-order valence-electron chi connectivity index (χ3n) is 6.56. The van der Waals surface area contributed by atoms with Gasteiger partial charge in [0.2, 0.25) is 11.8 Å². The molecule has 0 spiro atoms. The van der Waals surface area contributed by atoms with Gasteiger partial charge in [-0.05, 0) is 42.0 Å². The van der Waals surface area contributed by atoms with E-state index in [1.54, 1.807) is 18.2 Å². The third kappa shape index (κ3) is 11.4. The van der Waals surface area contributed by atoms with Crippen molar-refractivity contribution in [3.63, 3.8) is 0 Å². The minimum atomic E-state index is -3.61. The Hall–Kier alpha value is -2.95. The molecule has 2 aromatic carbocycles. The number of sulfone groups is 1. The second-order valence-electron chi connectivity index (χ2n) is 10.4. The van der Waals surface area contributed by atoms with Crippen LogP contribution in [-0.2, 0) is 32.4 Å². The standard InChI is InChI=1S/C29H43N3O6S/c1-21(2)13-14-39(36,37)20-24(17-28(34)31-3)29(35)32(18-23-11-8-12-25(15-23)38-4)19-27(33)26(30)16-22-9-6-5-7-10-22/h5-12,15,21,24,26-27,33H,13-14,16-20,30H2,1-4H3,(H,31,34)/t24?,26-,27+/m0/s1. The lowest BCUT2D eigenvalue weighted by molar-refractivity contribution is -0.139. The van der Waals surface area contributed by atoms with E-state index in [1.165, 1.54) is 19.1 Å². The number of methoxy groups -OCH3 is 1. The van der Waals surface area contributed by atoms with Crippen molar-refractivity contribution in [1.82, 2.24) is 10.2 Å². The number of hydrogen-bond donors (Lipinski definition) is 3. The van der Waals surface area contributed by atoms with Gasteiger partial charge in [-0.25, -0.2) is 8.42 Å². The highest BCUT2D eigenvalue weighted by Crippen LogP contribution is 2.20. The Balaban J connectivity index is 2.34. The Kier molecular flexibility index (Phi) is 12.9. The van der Waals surface area contributed by atoms with Gasteiger partial charge in [0, 0.05) is 32.6 Å². The lowest BCUT2D eigenvalue weighted by Crippen LogP contribution is -2.49. The molecule has 2 amide bonds. The summed E-state index contributed by atoms with van der Waals surface area (Å²) in [4.78, 5) is 27.6. The number of nitrogens with zero attached hydrogens (tertiary/aromatic N) is 1. The van der Waals surface area contributed by atoms with Crippen LogP contribution in [-0.4, -0.2) is 74.6 Å². The maximum Gasteiger partial charge on any atom is 0.227 e. The van der Waals surface area contributed by atoms with Gasteiger partial charge in [0.15, 0.2) is 9.84 Å². The molecule has 0 aliphatic carbocycles. The highest BCUT2D eigenvalue weighted by molar-refractivity contribution is 7.91. The number of nitrogens with two attached hydrogens (primary N) is 1. The number of ether oxygens (including phenoxy) is 1. The maximum absolute atomic E-state index is 13.9. The summed E-state index contributed by atoms with van der Waals surface area (Å²) in [5.74, 6) is -1.81. The predicted octanol–water partition coefficient (Wildman–Crippen LogP) is 2.17. The number of nitrogens with one attached hydrogen (secondary N) is 1. The molecule has 0 saturated heterocycles. The highest BCUT2D eigenvalue weighted by Gasteiger charge is 2.33. The first-order valence-electron chi connectivity index (χ1n) is 13.2. The van der Waals surface area contributed by atoms with Crippen molar-refractivity contribution >= 4 is 21.7 Å². The Morgan fingerprint density at radius 1 is 1.08 bits per heavy atom. The molecule has 0 fully saturated rings. The first kappa shape index (κ1) is 32.3. The van der Waals surface area contributed by atoms with Crippen LogP contribution in [0.4, 0.5) is 0 Å². The molecule has 4 N–H and O–H groups in total. The van der Waals surface area contributed by atoms with Crippen molar-refractivity contribution in [3.8, 4) is 5.75 Å². The molecule has 0 aliphatic heterocycles. The van der Waals surface area contributed by atoms with E-state index in [1.807, 2.05) is 50.2 Å². The van der Waals surface area contributed by atoms with Gasteiger partial charge in [-0.3, -0.25) is 9.59 Å². The molecule has 0 radical (unpaired) electrons. The minimum absolute atomic E-state index is 0.0668. The lowest BCUT2D eigenvalue weighted by atomic mass is 10.00. The first-order valence-corrected chi connectivity index (χ1v) is 15.1. The number of benzene rings is 2. The van der Waals surface area contributed by atoms with Crippen molar-refractivity contribution in [1.29, 1.82) is 0 Å². The first-order chi connectivity index (χ1) is 18.4. The molecular weight excluding hydrogens is 518 g/mol. The van der Waals surface area contributed by atoms with Crippen molar-refractivity contribution in [3.05, 3.63) is 65.7 Å². The molecular formula is C29H43N3O6S. The smallest absolute Gasteiger partial charge is 0.227 e. The van der Waals surface area contributed by atoms with Crippen LogP contribution < -0.4 is 15.8 Å². The fourth-order valence-corrected chi connectivity index (χ4v) is 6.08. The summed E-state index contributed by atoms with van der Waals surface area (Å²) in [5.41, 5.74) is 7.99. The average molecular weight is 562 g/mol. The minimum Gasteiger partial charge on any atom is -0.497 e. The number of hydrogen-bond acceptors (Lipinski definition) is 7. The van der Waals surface area contributed by atoms with Gasteiger partial charge in [-0.1, -0.05) is 56.3 Å². The second-order valence-corrected chi connectivity index (χ2v) is 12.6. The fraction of sp³-hybridized carbons (Fsp3) is 0.517. The third-order valence-corrected chi connectivity index (χ3v) is 8.32. The van der Waals surface area contributed by atoms with Gasteiger partial charge in [0.05, 0.1) is 30.6 Å². The van der Waals surface area contributed by atoms with Crippen LogP contribution in [0.25, 0.3) is 0 Å². The summed E-state index contributed by atoms with van der Waals surface area (Å²) in [5, 5.41) is 13.5. The Morgan fingerprint density at radius 2 is 1.74 bits per heavy atom. The molecule has 3 atom stereocenters. The molecule has 0 aromatic heterocycles. The second kappa shape index (κ2) is 15.6. The molecule has 1 unspecified atom stereocenters. The van der Waals surface area contributed by atoms with Crippen LogP contribution in [0.2, 0.25) is 0 Å². The average Bonchev–Trinajstić information content (AvgIpc) is 2.91. The summed E-state index contributed by atoms with van der Waals surface area (Å²) in [7, 11) is -0.632. The number of aliphatic hydroxyl groups excluding tert-OH is 1. The topological polar surface area (TPSA) is 139 Å². The van der Waals surface area contributed by atoms with Crippen molar-refractivity contribution in [2.75, 3.05) is 32.2 Å². The van der Waals surface area contributed by atoms with Crippen molar-refractivity contribution in [2.45, 2.75) is 51.8 Å². The Bertz CT molecular complexity index is 1160. The molecule has 9 nitrogen and oxygen atoms in total. The van der Waals surface area contributed by atoms with Crippen LogP contribution in [0.1, 0.15) is 37.8 Å². The Morgan fingerprint density at radius 3 is 2.36 bits per heavy atom. The molecule has 0 bridgehead atoms. The zero-order valence-corrected chi connectivity index (χ0v) is 24.2. The fourth-order valence-electron chi connectivity index (χ4n) is 4.21. The highest BCUT2D eigenvalue weighted by atomic mass is 32.2. The van der Waals surface area contributed by atoms with Crippen LogP contribution in [0, 0.1) is 11.8 Å². The Labute approximate surface area is 232 Å². The number of rotatable bonds is 16. The van der Waals surface area contributed by atoms with E-state index in [0.717, 1.165) is 11.1 Å². The molecule has 39 heavy (non-hydrogen) atoms. The van der Waals surface area contributed by atoms with E-state index >= 15 is 0 Å². The van der Waals surface area contributed by atoms with Gasteiger partial charge in [-0.2, -0.15) is 0 Å². The van der Waals surface area contributed by atoms with Crippen molar-refractivity contribution in [2.24, 2.45) is 17.6 Å². The summed E-state index contributed by atoms with van der Waals surface area (Å²) in [6, 6.07) is 16.0. The quantitative estimate of drug-likeness (QED) is 0.285. The molecule has 216 valence electrons. The number of aliphatic hydroxyl groups is 1. The number of carbonyl (C=O) groups is 2. The predicted molar refractivity (Wildman–Crippen MR) is 153 cm³/mol.